The van der Waals surface area contributed by atoms with Gasteiger partial charge in [-0.15, -0.1) is 0 Å². The summed E-state index contributed by atoms with van der Waals surface area (Å²) < 4.78 is 0.650. The molecular weight excluding hydrogens is 364 g/mol. The van der Waals surface area contributed by atoms with Crippen LogP contribution in [0.1, 0.15) is 13.3 Å². The zero-order valence-electron chi connectivity index (χ0n) is 12.4. The van der Waals surface area contributed by atoms with Gasteiger partial charge < -0.3 is 15.3 Å². The summed E-state index contributed by atoms with van der Waals surface area (Å²) in [5.74, 6) is -0.880. The normalized spacial score (nSPS) is 20.7. The number of amides is 2. The van der Waals surface area contributed by atoms with Gasteiger partial charge in [-0.1, -0.05) is 0 Å². The second-order valence-electron chi connectivity index (χ2n) is 5.82. The molecule has 1 unspecified atom stereocenters. The number of urea groups is 1. The number of carbonyl (C=O) groups is 2. The lowest BCUT2D eigenvalue weighted by Gasteiger charge is -2.21. The SMILES string of the molecule is CC1(C(=O)O)CCN(C(=O)Nc2ccc3nccnc3c2Br)C1. The molecule has 3 rings (SSSR count). The van der Waals surface area contributed by atoms with Crippen molar-refractivity contribution in [3.8, 4) is 0 Å². The van der Waals surface area contributed by atoms with Crippen LogP contribution in [0, 0.1) is 5.41 Å². The van der Waals surface area contributed by atoms with Gasteiger partial charge in [-0.3, -0.25) is 14.8 Å². The molecule has 2 aromatic rings. The number of aliphatic carboxylic acids is 1. The van der Waals surface area contributed by atoms with E-state index in [2.05, 4.69) is 31.2 Å². The number of nitrogens with one attached hydrogen (secondary N) is 1. The first-order valence-electron chi connectivity index (χ1n) is 7.09. The average Bonchev–Trinajstić information content (AvgIpc) is 2.94. The number of anilines is 1. The number of nitrogens with zero attached hydrogens (tertiary/aromatic N) is 3. The molecular formula is C15H15BrN4O3. The zero-order valence-corrected chi connectivity index (χ0v) is 14.0. The molecule has 1 atom stereocenters. The number of rotatable bonds is 2. The van der Waals surface area contributed by atoms with Gasteiger partial charge in [0.2, 0.25) is 0 Å². The summed E-state index contributed by atoms with van der Waals surface area (Å²) in [6.45, 7) is 2.27. The fourth-order valence-corrected chi connectivity index (χ4v) is 3.14. The van der Waals surface area contributed by atoms with E-state index in [0.29, 0.717) is 28.6 Å². The lowest BCUT2D eigenvalue weighted by atomic mass is 9.90. The van der Waals surface area contributed by atoms with Crippen LogP contribution in [-0.2, 0) is 4.79 Å². The van der Waals surface area contributed by atoms with Crippen molar-refractivity contribution < 1.29 is 14.7 Å². The van der Waals surface area contributed by atoms with Gasteiger partial charge in [0.25, 0.3) is 0 Å². The average molecular weight is 379 g/mol. The fraction of sp³-hybridized carbons (Fsp3) is 0.333. The van der Waals surface area contributed by atoms with Crippen LogP contribution >= 0.6 is 15.9 Å². The van der Waals surface area contributed by atoms with Gasteiger partial charge in [-0.25, -0.2) is 4.79 Å². The lowest BCUT2D eigenvalue weighted by Crippen LogP contribution is -2.37. The molecule has 1 aromatic carbocycles. The van der Waals surface area contributed by atoms with Crippen molar-refractivity contribution in [3.05, 3.63) is 29.0 Å². The third-order valence-electron chi connectivity index (χ3n) is 4.10. The molecule has 0 aliphatic carbocycles. The van der Waals surface area contributed by atoms with E-state index in [4.69, 9.17) is 0 Å². The maximum atomic E-state index is 12.4. The molecule has 1 aromatic heterocycles. The topological polar surface area (TPSA) is 95.4 Å². The van der Waals surface area contributed by atoms with Crippen molar-refractivity contribution in [1.82, 2.24) is 14.9 Å². The molecule has 0 saturated carbocycles. The Morgan fingerprint density at radius 2 is 2.09 bits per heavy atom. The smallest absolute Gasteiger partial charge is 0.321 e. The Bertz CT molecular complexity index is 797. The molecule has 0 spiro atoms. The molecule has 1 saturated heterocycles. The zero-order chi connectivity index (χ0) is 16.6. The largest absolute Gasteiger partial charge is 0.481 e. The Morgan fingerprint density at radius 1 is 1.35 bits per heavy atom. The van der Waals surface area contributed by atoms with Gasteiger partial charge in [0.15, 0.2) is 0 Å². The van der Waals surface area contributed by atoms with Crippen molar-refractivity contribution in [2.45, 2.75) is 13.3 Å². The van der Waals surface area contributed by atoms with Crippen LogP contribution in [0.25, 0.3) is 11.0 Å². The van der Waals surface area contributed by atoms with Crippen molar-refractivity contribution in [2.75, 3.05) is 18.4 Å². The van der Waals surface area contributed by atoms with Crippen LogP contribution < -0.4 is 5.32 Å². The van der Waals surface area contributed by atoms with Crippen LogP contribution in [0.4, 0.5) is 10.5 Å². The molecule has 7 nitrogen and oxygen atoms in total. The van der Waals surface area contributed by atoms with E-state index in [1.165, 1.54) is 4.90 Å². The minimum absolute atomic E-state index is 0.194. The number of aromatic nitrogens is 2. The molecule has 2 amide bonds. The predicted octanol–water partition coefficient (Wildman–Crippen LogP) is 2.72. The van der Waals surface area contributed by atoms with Crippen molar-refractivity contribution in [3.63, 3.8) is 0 Å². The molecule has 0 bridgehead atoms. The summed E-state index contributed by atoms with van der Waals surface area (Å²) >= 11 is 3.43. The number of benzene rings is 1. The number of carbonyl (C=O) groups excluding carboxylic acids is 1. The maximum Gasteiger partial charge on any atom is 0.321 e. The first-order chi connectivity index (χ1) is 10.9. The third kappa shape index (κ3) is 2.86. The van der Waals surface area contributed by atoms with E-state index in [9.17, 15) is 14.7 Å². The van der Waals surface area contributed by atoms with Crippen molar-refractivity contribution in [1.29, 1.82) is 0 Å². The first-order valence-corrected chi connectivity index (χ1v) is 7.88. The van der Waals surface area contributed by atoms with E-state index >= 15 is 0 Å². The summed E-state index contributed by atoms with van der Waals surface area (Å²) in [5, 5.41) is 12.0. The van der Waals surface area contributed by atoms with Crippen molar-refractivity contribution >= 4 is 44.7 Å². The summed E-state index contributed by atoms with van der Waals surface area (Å²) in [5.41, 5.74) is 1.06. The number of likely N-dealkylation sites (tertiary alicyclic amines) is 1. The Kier molecular flexibility index (Phi) is 3.93. The summed E-state index contributed by atoms with van der Waals surface area (Å²) in [7, 11) is 0. The summed E-state index contributed by atoms with van der Waals surface area (Å²) in [6, 6.07) is 3.19. The number of hydrogen-bond donors (Lipinski definition) is 2. The van der Waals surface area contributed by atoms with Gasteiger partial charge in [0.05, 0.1) is 21.1 Å². The summed E-state index contributed by atoms with van der Waals surface area (Å²) in [4.78, 5) is 33.6. The molecule has 23 heavy (non-hydrogen) atoms. The van der Waals surface area contributed by atoms with Crippen LogP contribution in [0.2, 0.25) is 0 Å². The Hall–Kier alpha value is -2.22. The van der Waals surface area contributed by atoms with Gasteiger partial charge in [0.1, 0.15) is 5.52 Å². The summed E-state index contributed by atoms with van der Waals surface area (Å²) in [6.07, 6.45) is 3.63. The highest BCUT2D eigenvalue weighted by Gasteiger charge is 2.42. The number of halogens is 1. The number of fused-ring (bicyclic) bond motifs is 1. The Labute approximate surface area is 140 Å². The second kappa shape index (κ2) is 5.77. The van der Waals surface area contributed by atoms with Crippen LogP contribution in [0.5, 0.6) is 0 Å². The van der Waals surface area contributed by atoms with Crippen LogP contribution in [-0.4, -0.2) is 45.1 Å². The lowest BCUT2D eigenvalue weighted by molar-refractivity contribution is -0.146. The number of carboxylic acid groups (broad SMARTS) is 1. The minimum atomic E-state index is -0.885. The molecule has 8 heteroatoms. The Morgan fingerprint density at radius 3 is 2.78 bits per heavy atom. The van der Waals surface area contributed by atoms with Crippen LogP contribution in [0.15, 0.2) is 29.0 Å². The standard InChI is InChI=1S/C15H15BrN4O3/c1-15(13(21)22)4-7-20(8-15)14(23)19-9-2-3-10-12(11(9)16)18-6-5-17-10/h2-3,5-6H,4,7-8H2,1H3,(H,19,23)(H,21,22). The molecule has 0 radical (unpaired) electrons. The van der Waals surface area contributed by atoms with Crippen molar-refractivity contribution in [2.24, 2.45) is 5.41 Å². The second-order valence-corrected chi connectivity index (χ2v) is 6.61. The Balaban J connectivity index is 1.79. The third-order valence-corrected chi connectivity index (χ3v) is 4.90. The van der Waals surface area contributed by atoms with Gasteiger partial charge >= 0.3 is 12.0 Å². The first kappa shape index (κ1) is 15.7. The van der Waals surface area contributed by atoms with Gasteiger partial charge in [-0.2, -0.15) is 0 Å². The number of carboxylic acids is 1. The molecule has 2 heterocycles. The molecule has 1 aliphatic heterocycles. The van der Waals surface area contributed by atoms with E-state index in [0.717, 1.165) is 5.52 Å². The highest BCUT2D eigenvalue weighted by atomic mass is 79.9. The predicted molar refractivity (Wildman–Crippen MR) is 88.2 cm³/mol. The molecule has 1 aliphatic rings. The van der Waals surface area contributed by atoms with E-state index in [1.807, 2.05) is 0 Å². The quantitative estimate of drug-likeness (QED) is 0.837. The minimum Gasteiger partial charge on any atom is -0.481 e. The van der Waals surface area contributed by atoms with Gasteiger partial charge in [-0.05, 0) is 41.4 Å². The fourth-order valence-electron chi connectivity index (χ4n) is 2.60. The monoisotopic (exact) mass is 378 g/mol. The molecule has 2 N–H and O–H groups in total. The molecule has 1 fully saturated rings. The molecule has 120 valence electrons. The van der Waals surface area contributed by atoms with Crippen LogP contribution in [0.3, 0.4) is 0 Å². The highest BCUT2D eigenvalue weighted by molar-refractivity contribution is 9.10. The highest BCUT2D eigenvalue weighted by Crippen LogP contribution is 2.32. The van der Waals surface area contributed by atoms with E-state index < -0.39 is 11.4 Å². The van der Waals surface area contributed by atoms with E-state index in [1.54, 1.807) is 31.5 Å². The van der Waals surface area contributed by atoms with E-state index in [-0.39, 0.29) is 12.6 Å². The van der Waals surface area contributed by atoms with Gasteiger partial charge in [0, 0.05) is 25.5 Å². The number of hydrogen-bond acceptors (Lipinski definition) is 4. The maximum absolute atomic E-state index is 12.4.